The molecule has 9 heteroatoms. The molecule has 3 atom stereocenters. The highest BCUT2D eigenvalue weighted by Gasteiger charge is 2.37. The van der Waals surface area contributed by atoms with Crippen molar-refractivity contribution < 1.29 is 38.5 Å². The number of aliphatic carboxylic acids is 1. The highest BCUT2D eigenvalue weighted by molar-refractivity contribution is 5.80. The number of ether oxygens (including phenoxy) is 3. The molecule has 0 radical (unpaired) electrons. The van der Waals surface area contributed by atoms with Crippen molar-refractivity contribution in [3.63, 3.8) is 0 Å². The molecule has 0 aliphatic rings. The molecule has 1 aromatic carbocycles. The van der Waals surface area contributed by atoms with Gasteiger partial charge in [0, 0.05) is 25.7 Å². The van der Waals surface area contributed by atoms with Gasteiger partial charge >= 0.3 is 23.9 Å². The Morgan fingerprint density at radius 1 is 0.846 bits per heavy atom. The van der Waals surface area contributed by atoms with Crippen LogP contribution < -0.4 is 15.2 Å². The van der Waals surface area contributed by atoms with Gasteiger partial charge in [-0.2, -0.15) is 0 Å². The molecule has 0 aromatic heterocycles. The number of nitrogens with two attached hydrogens (primary N) is 1. The minimum absolute atomic E-state index is 0.0251. The number of hydrogen-bond donors (Lipinski definition) is 2. The summed E-state index contributed by atoms with van der Waals surface area (Å²) in [5.74, 6) is -2.17. The minimum atomic E-state index is -1.77. The summed E-state index contributed by atoms with van der Waals surface area (Å²) in [5.41, 5.74) is 5.01. The molecule has 0 bridgehead atoms. The van der Waals surface area contributed by atoms with Gasteiger partial charge in [-0.05, 0) is 55.2 Å². The normalized spacial score (nSPS) is 14.6. The largest absolute Gasteiger partial charge is 0.480 e. The first-order chi connectivity index (χ1) is 18.0. The average Bonchev–Trinajstić information content (AvgIpc) is 2.82. The summed E-state index contributed by atoms with van der Waals surface area (Å²) in [7, 11) is 0. The zero-order valence-corrected chi connectivity index (χ0v) is 24.7. The van der Waals surface area contributed by atoms with E-state index in [1.165, 1.54) is 12.1 Å². The van der Waals surface area contributed by atoms with Crippen LogP contribution >= 0.6 is 0 Å². The lowest BCUT2D eigenvalue weighted by Crippen LogP contribution is -2.52. The van der Waals surface area contributed by atoms with E-state index in [1.54, 1.807) is 19.9 Å². The van der Waals surface area contributed by atoms with E-state index in [0.717, 1.165) is 0 Å². The van der Waals surface area contributed by atoms with Gasteiger partial charge in [0.05, 0.1) is 5.92 Å². The van der Waals surface area contributed by atoms with E-state index in [1.807, 2.05) is 41.5 Å². The Bertz CT molecular complexity index is 987. The summed E-state index contributed by atoms with van der Waals surface area (Å²) in [6, 6.07) is 4.53. The van der Waals surface area contributed by atoms with E-state index < -0.39 is 35.5 Å². The third kappa shape index (κ3) is 12.2. The maximum Gasteiger partial charge on any atom is 0.324 e. The summed E-state index contributed by atoms with van der Waals surface area (Å²) < 4.78 is 16.5. The molecule has 220 valence electrons. The molecule has 2 unspecified atom stereocenters. The summed E-state index contributed by atoms with van der Waals surface area (Å²) in [4.78, 5) is 49.4. The van der Waals surface area contributed by atoms with Crippen molar-refractivity contribution in [1.29, 1.82) is 0 Å². The number of rotatable bonds is 16. The van der Waals surface area contributed by atoms with Crippen LogP contribution in [0.2, 0.25) is 0 Å². The Balaban J connectivity index is 3.18. The zero-order chi connectivity index (χ0) is 29.9. The molecule has 3 N–H and O–H groups in total. The zero-order valence-electron chi connectivity index (χ0n) is 24.7. The Kier molecular flexibility index (Phi) is 13.6. The minimum Gasteiger partial charge on any atom is -0.480 e. The van der Waals surface area contributed by atoms with E-state index >= 15 is 0 Å². The van der Waals surface area contributed by atoms with E-state index in [9.17, 15) is 24.3 Å². The third-order valence-corrected chi connectivity index (χ3v) is 6.59. The maximum atomic E-state index is 12.5. The van der Waals surface area contributed by atoms with Crippen LogP contribution in [0.1, 0.15) is 93.1 Å². The van der Waals surface area contributed by atoms with Gasteiger partial charge in [0.15, 0.2) is 11.5 Å². The fraction of sp³-hybridized carbons (Fsp3) is 0.667. The van der Waals surface area contributed by atoms with Crippen molar-refractivity contribution in [3.05, 3.63) is 23.8 Å². The SMILES string of the molecule is CC(C)CCC(=O)Oc1ccc(CC(N)(C[C@H](C)OC(=O)C(C)C(C)C)C(=O)O)cc1OC(=O)CCC(C)C. The van der Waals surface area contributed by atoms with Crippen molar-refractivity contribution >= 4 is 23.9 Å². The van der Waals surface area contributed by atoms with Crippen molar-refractivity contribution in [1.82, 2.24) is 0 Å². The van der Waals surface area contributed by atoms with E-state index in [4.69, 9.17) is 19.9 Å². The Hall–Kier alpha value is -2.94. The molecule has 1 aromatic rings. The monoisotopic (exact) mass is 549 g/mol. The van der Waals surface area contributed by atoms with E-state index in [2.05, 4.69) is 0 Å². The molecule has 1 rings (SSSR count). The van der Waals surface area contributed by atoms with Crippen molar-refractivity contribution in [3.8, 4) is 11.5 Å². The third-order valence-electron chi connectivity index (χ3n) is 6.59. The first kappa shape index (κ1) is 34.1. The van der Waals surface area contributed by atoms with E-state index in [0.29, 0.717) is 30.2 Å². The lowest BCUT2D eigenvalue weighted by Gasteiger charge is -2.29. The molecule has 0 spiro atoms. The summed E-state index contributed by atoms with van der Waals surface area (Å²) >= 11 is 0. The topological polar surface area (TPSA) is 142 Å². The number of carboxylic acids is 1. The van der Waals surface area contributed by atoms with Gasteiger partial charge in [0.1, 0.15) is 11.6 Å². The molecule has 0 amide bonds. The Morgan fingerprint density at radius 3 is 1.82 bits per heavy atom. The predicted octanol–water partition coefficient (Wildman–Crippen LogP) is 5.31. The van der Waals surface area contributed by atoms with Crippen LogP contribution in [0.3, 0.4) is 0 Å². The van der Waals surface area contributed by atoms with Crippen LogP contribution in [-0.4, -0.2) is 40.6 Å². The molecule has 0 saturated carbocycles. The first-order valence-corrected chi connectivity index (χ1v) is 13.8. The van der Waals surface area contributed by atoms with Gasteiger partial charge in [-0.3, -0.25) is 19.2 Å². The predicted molar refractivity (Wildman–Crippen MR) is 148 cm³/mol. The quantitative estimate of drug-likeness (QED) is 0.207. The van der Waals surface area contributed by atoms with Gasteiger partial charge in [-0.25, -0.2) is 0 Å². The molecule has 0 saturated heterocycles. The fourth-order valence-corrected chi connectivity index (χ4v) is 3.72. The van der Waals surface area contributed by atoms with Crippen LogP contribution in [0.5, 0.6) is 11.5 Å². The second-order valence-corrected chi connectivity index (χ2v) is 11.7. The molecule has 0 fully saturated rings. The van der Waals surface area contributed by atoms with Crippen LogP contribution in [0.4, 0.5) is 0 Å². The number of hydrogen-bond acceptors (Lipinski definition) is 8. The van der Waals surface area contributed by atoms with Crippen molar-refractivity contribution in [2.75, 3.05) is 0 Å². The lowest BCUT2D eigenvalue weighted by molar-refractivity contribution is -0.157. The highest BCUT2D eigenvalue weighted by Crippen LogP contribution is 2.32. The first-order valence-electron chi connectivity index (χ1n) is 13.8. The van der Waals surface area contributed by atoms with Gasteiger partial charge in [-0.1, -0.05) is 54.5 Å². The van der Waals surface area contributed by atoms with Crippen LogP contribution in [0.25, 0.3) is 0 Å². The number of carbonyl (C=O) groups is 4. The van der Waals surface area contributed by atoms with Gasteiger partial charge in [-0.15, -0.1) is 0 Å². The van der Waals surface area contributed by atoms with Crippen LogP contribution in [-0.2, 0) is 30.3 Å². The van der Waals surface area contributed by atoms with Gasteiger partial charge in [0.25, 0.3) is 0 Å². The molecular weight excluding hydrogens is 502 g/mol. The summed E-state index contributed by atoms with van der Waals surface area (Å²) in [6.07, 6.45) is 0.644. The Labute approximate surface area is 232 Å². The number of carboxylic acid groups (broad SMARTS) is 1. The highest BCUT2D eigenvalue weighted by atomic mass is 16.6. The molecule has 39 heavy (non-hydrogen) atoms. The number of carbonyl (C=O) groups excluding carboxylic acids is 3. The van der Waals surface area contributed by atoms with E-state index in [-0.39, 0.29) is 49.0 Å². The second-order valence-electron chi connectivity index (χ2n) is 11.7. The molecular formula is C30H47NO8. The number of benzene rings is 1. The molecule has 0 aliphatic carbocycles. The van der Waals surface area contributed by atoms with Gasteiger partial charge in [0.2, 0.25) is 0 Å². The summed E-state index contributed by atoms with van der Waals surface area (Å²) in [6.45, 7) is 15.1. The fourth-order valence-electron chi connectivity index (χ4n) is 3.72. The molecule has 0 heterocycles. The Morgan fingerprint density at radius 2 is 1.36 bits per heavy atom. The standard InChI is InChI=1S/C30H47NO8/c1-18(2)9-13-26(32)38-24-12-11-23(15-25(24)39-27(33)14-10-19(3)4)17-30(31,29(35)36)16-21(7)37-28(34)22(8)20(5)6/h11-12,15,18-22H,9-10,13-14,16-17,31H2,1-8H3,(H,35,36)/t21-,22?,30?/m0/s1. The smallest absolute Gasteiger partial charge is 0.324 e. The molecule has 9 nitrogen and oxygen atoms in total. The van der Waals surface area contributed by atoms with Crippen LogP contribution in [0, 0.1) is 23.7 Å². The second kappa shape index (κ2) is 15.6. The van der Waals surface area contributed by atoms with Crippen molar-refractivity contribution in [2.24, 2.45) is 29.4 Å². The number of esters is 3. The molecule has 0 aliphatic heterocycles. The maximum absolute atomic E-state index is 12.5. The lowest BCUT2D eigenvalue weighted by atomic mass is 9.86. The van der Waals surface area contributed by atoms with Gasteiger partial charge < -0.3 is 25.1 Å². The van der Waals surface area contributed by atoms with Crippen LogP contribution in [0.15, 0.2) is 18.2 Å². The summed E-state index contributed by atoms with van der Waals surface area (Å²) in [5, 5.41) is 9.97. The average molecular weight is 550 g/mol. The van der Waals surface area contributed by atoms with Crippen molar-refractivity contribution in [2.45, 2.75) is 106 Å².